The van der Waals surface area contributed by atoms with Gasteiger partial charge in [-0.2, -0.15) is 4.79 Å². The van der Waals surface area contributed by atoms with Crippen LogP contribution in [0, 0.1) is 0 Å². The molecule has 3 rings (SSSR count). The number of carbonyl (C=O) groups is 3. The summed E-state index contributed by atoms with van der Waals surface area (Å²) in [5, 5.41) is 2.50. The quantitative estimate of drug-likeness (QED) is 0.280. The zero-order chi connectivity index (χ0) is 23.1. The second-order valence-electron chi connectivity index (χ2n) is 7.76. The third kappa shape index (κ3) is 5.47. The lowest BCUT2D eigenvalue weighted by atomic mass is 9.98. The number of hydrogen-bond acceptors (Lipinski definition) is 5. The Hall–Kier alpha value is -3.77. The summed E-state index contributed by atoms with van der Waals surface area (Å²) in [6.45, 7) is 3.47. The first kappa shape index (κ1) is 22.9. The molecule has 0 radical (unpaired) electrons. The molecule has 1 aliphatic carbocycles. The first-order valence-corrected chi connectivity index (χ1v) is 10.4. The molecule has 1 N–H and O–H groups in total. The van der Waals surface area contributed by atoms with Crippen LogP contribution in [0.1, 0.15) is 43.7 Å². The van der Waals surface area contributed by atoms with Gasteiger partial charge in [0.2, 0.25) is 5.78 Å². The van der Waals surface area contributed by atoms with Gasteiger partial charge in [-0.25, -0.2) is 9.59 Å². The summed E-state index contributed by atoms with van der Waals surface area (Å²) in [7, 11) is 0. The molecular formula is C24H25N3O5. The van der Waals surface area contributed by atoms with E-state index in [2.05, 4.69) is 10.1 Å². The molecule has 32 heavy (non-hydrogen) atoms. The lowest BCUT2D eigenvalue weighted by Crippen LogP contribution is -2.43. The zero-order valence-corrected chi connectivity index (χ0v) is 18.0. The van der Waals surface area contributed by atoms with E-state index in [0.717, 1.165) is 28.5 Å². The van der Waals surface area contributed by atoms with Crippen molar-refractivity contribution < 1.29 is 28.6 Å². The van der Waals surface area contributed by atoms with Crippen molar-refractivity contribution in [3.05, 3.63) is 65.2 Å². The van der Waals surface area contributed by atoms with Gasteiger partial charge in [0.05, 0.1) is 6.10 Å². The van der Waals surface area contributed by atoms with E-state index in [9.17, 15) is 14.4 Å². The van der Waals surface area contributed by atoms with Gasteiger partial charge in [-0.3, -0.25) is 4.79 Å². The number of nitrogens with one attached hydrogen (secondary N) is 1. The number of hydrogen-bond donors (Lipinski definition) is 1. The van der Waals surface area contributed by atoms with Gasteiger partial charge in [0.1, 0.15) is 12.6 Å². The maximum absolute atomic E-state index is 12.5. The van der Waals surface area contributed by atoms with Crippen molar-refractivity contribution in [2.45, 2.75) is 44.8 Å². The summed E-state index contributed by atoms with van der Waals surface area (Å²) in [6.07, 6.45) is -0.533. The number of fused-ring (bicyclic) bond motifs is 3. The normalized spacial score (nSPS) is 12.8. The molecule has 2 aromatic carbocycles. The van der Waals surface area contributed by atoms with Crippen LogP contribution in [-0.4, -0.2) is 47.6 Å². The van der Waals surface area contributed by atoms with Crippen LogP contribution in [-0.2, 0) is 19.1 Å². The number of Topliss-reactive ketones (excluding diaryl/α,β-unsaturated/α-hetero) is 1. The molecule has 0 bridgehead atoms. The van der Waals surface area contributed by atoms with Crippen LogP contribution in [0.4, 0.5) is 4.79 Å². The zero-order valence-electron chi connectivity index (χ0n) is 18.0. The lowest BCUT2D eigenvalue weighted by molar-refractivity contribution is -0.150. The van der Waals surface area contributed by atoms with Crippen LogP contribution < -0.4 is 5.32 Å². The van der Waals surface area contributed by atoms with Crippen LogP contribution in [0.3, 0.4) is 0 Å². The molecule has 0 heterocycles. The second kappa shape index (κ2) is 10.5. The number of carbonyl (C=O) groups excluding carboxylic acids is 3. The van der Waals surface area contributed by atoms with Gasteiger partial charge in [-0.05, 0) is 42.5 Å². The fraction of sp³-hybridized carbons (Fsp3) is 0.333. The van der Waals surface area contributed by atoms with Gasteiger partial charge in [0.25, 0.3) is 0 Å². The highest BCUT2D eigenvalue weighted by molar-refractivity contribution is 6.25. The van der Waals surface area contributed by atoms with E-state index in [1.54, 1.807) is 13.8 Å². The van der Waals surface area contributed by atoms with Crippen LogP contribution >= 0.6 is 0 Å². The summed E-state index contributed by atoms with van der Waals surface area (Å²) in [6, 6.07) is 14.9. The number of ether oxygens (including phenoxy) is 2. The highest BCUT2D eigenvalue weighted by Gasteiger charge is 2.30. The van der Waals surface area contributed by atoms with Crippen molar-refractivity contribution in [2.75, 3.05) is 6.61 Å². The Morgan fingerprint density at radius 1 is 1.06 bits per heavy atom. The molecule has 8 nitrogen and oxygen atoms in total. The minimum Gasteiger partial charge on any atom is -0.461 e. The van der Waals surface area contributed by atoms with E-state index >= 15 is 0 Å². The summed E-state index contributed by atoms with van der Waals surface area (Å²) in [5.74, 6) is -1.26. The van der Waals surface area contributed by atoms with Crippen molar-refractivity contribution in [1.82, 2.24) is 5.32 Å². The number of alkyl carbamates (subject to hydrolysis) is 1. The topological polar surface area (TPSA) is 118 Å². The number of amides is 1. The number of benzene rings is 2. The van der Waals surface area contributed by atoms with Gasteiger partial charge in [0, 0.05) is 12.3 Å². The molecule has 1 aliphatic rings. The van der Waals surface area contributed by atoms with Crippen molar-refractivity contribution in [3.63, 3.8) is 0 Å². The fourth-order valence-corrected chi connectivity index (χ4v) is 3.76. The van der Waals surface area contributed by atoms with Gasteiger partial charge in [-0.1, -0.05) is 48.5 Å². The first-order chi connectivity index (χ1) is 15.4. The Kier molecular flexibility index (Phi) is 7.52. The molecule has 166 valence electrons. The van der Waals surface area contributed by atoms with Crippen LogP contribution in [0.25, 0.3) is 16.7 Å². The summed E-state index contributed by atoms with van der Waals surface area (Å²) in [5.41, 5.74) is 12.8. The molecule has 0 unspecified atom stereocenters. The Labute approximate surface area is 186 Å². The third-order valence-corrected chi connectivity index (χ3v) is 5.15. The molecule has 0 spiro atoms. The van der Waals surface area contributed by atoms with E-state index in [1.165, 1.54) is 0 Å². The molecule has 2 aromatic rings. The van der Waals surface area contributed by atoms with Crippen molar-refractivity contribution in [3.8, 4) is 11.1 Å². The summed E-state index contributed by atoms with van der Waals surface area (Å²) >= 11 is 0. The number of rotatable bonds is 9. The van der Waals surface area contributed by atoms with Crippen molar-refractivity contribution >= 4 is 24.1 Å². The van der Waals surface area contributed by atoms with Crippen LogP contribution in [0.2, 0.25) is 0 Å². The second-order valence-corrected chi connectivity index (χ2v) is 7.76. The lowest BCUT2D eigenvalue weighted by Gasteiger charge is -2.19. The van der Waals surface area contributed by atoms with E-state index in [4.69, 9.17) is 15.0 Å². The number of esters is 1. The third-order valence-electron chi connectivity index (χ3n) is 5.15. The Balaban J connectivity index is 1.66. The van der Waals surface area contributed by atoms with Crippen molar-refractivity contribution in [1.29, 1.82) is 0 Å². The maximum Gasteiger partial charge on any atom is 0.407 e. The molecule has 8 heteroatoms. The monoisotopic (exact) mass is 435 g/mol. The average Bonchev–Trinajstić information content (AvgIpc) is 3.08. The van der Waals surface area contributed by atoms with Gasteiger partial charge in [-0.15, -0.1) is 0 Å². The predicted octanol–water partition coefficient (Wildman–Crippen LogP) is 3.50. The highest BCUT2D eigenvalue weighted by Crippen LogP contribution is 2.44. The standard InChI is InChI=1S/C24H25N3O5/c1-15(2)32-23(29)22(12-11-16(28)13-26-25)27-24(30)31-14-21-19-9-5-3-7-17(19)18-8-4-6-10-20(18)21/h3-10,13,15,21-22H,11-12,14H2,1-2H3,(H,27,30)/t22-/m0/s1. The van der Waals surface area contributed by atoms with Crippen LogP contribution in [0.5, 0.6) is 0 Å². The maximum atomic E-state index is 12.5. The predicted molar refractivity (Wildman–Crippen MR) is 117 cm³/mol. The molecule has 0 aromatic heterocycles. The smallest absolute Gasteiger partial charge is 0.407 e. The summed E-state index contributed by atoms with van der Waals surface area (Å²) in [4.78, 5) is 39.1. The molecule has 0 aliphatic heterocycles. The van der Waals surface area contributed by atoms with E-state index in [0.29, 0.717) is 0 Å². The highest BCUT2D eigenvalue weighted by atomic mass is 16.6. The molecule has 1 amide bonds. The Morgan fingerprint density at radius 3 is 2.22 bits per heavy atom. The van der Waals surface area contributed by atoms with Gasteiger partial charge < -0.3 is 20.3 Å². The minimum absolute atomic E-state index is 0.0133. The van der Waals surface area contributed by atoms with Gasteiger partial charge >= 0.3 is 18.3 Å². The molecular weight excluding hydrogens is 410 g/mol. The molecule has 1 atom stereocenters. The van der Waals surface area contributed by atoms with Crippen molar-refractivity contribution in [2.24, 2.45) is 0 Å². The van der Waals surface area contributed by atoms with Crippen LogP contribution in [0.15, 0.2) is 48.5 Å². The van der Waals surface area contributed by atoms with E-state index in [1.807, 2.05) is 48.5 Å². The molecule has 0 saturated heterocycles. The molecule has 0 fully saturated rings. The first-order valence-electron chi connectivity index (χ1n) is 10.4. The Bertz CT molecular complexity index is 1010. The fourth-order valence-electron chi connectivity index (χ4n) is 3.76. The Morgan fingerprint density at radius 2 is 1.66 bits per heavy atom. The largest absolute Gasteiger partial charge is 0.461 e. The average molecular weight is 435 g/mol. The summed E-state index contributed by atoms with van der Waals surface area (Å²) < 4.78 is 10.6. The number of nitrogens with zero attached hydrogens (tertiary/aromatic N) is 2. The minimum atomic E-state index is -1.07. The SMILES string of the molecule is CC(C)OC(=O)[C@H](CCC(=O)C=[N+]=[N-])NC(=O)OCC1c2ccccc2-c2ccccc21. The van der Waals surface area contributed by atoms with E-state index < -0.39 is 23.9 Å². The number of ketones is 1. The van der Waals surface area contributed by atoms with Gasteiger partial charge in [0.15, 0.2) is 0 Å². The molecule has 0 saturated carbocycles. The van der Waals surface area contributed by atoms with E-state index in [-0.39, 0.29) is 31.5 Å².